The second kappa shape index (κ2) is 7.05. The fraction of sp³-hybridized carbons (Fsp3) is 0.391. The number of hydrogen-bond donors (Lipinski definition) is 1. The van der Waals surface area contributed by atoms with E-state index in [4.69, 9.17) is 4.74 Å². The van der Waals surface area contributed by atoms with Crippen molar-refractivity contribution < 1.29 is 18.7 Å². The molecule has 2 aliphatic heterocycles. The first-order valence-electron chi connectivity index (χ1n) is 10.3. The van der Waals surface area contributed by atoms with Crippen molar-refractivity contribution in [3.63, 3.8) is 0 Å². The molecule has 5 rings (SSSR count). The van der Waals surface area contributed by atoms with E-state index in [2.05, 4.69) is 16.4 Å². The Morgan fingerprint density at radius 2 is 2.16 bits per heavy atom. The topological polar surface area (TPSA) is 95.3 Å². The zero-order valence-corrected chi connectivity index (χ0v) is 17.0. The molecule has 3 aliphatic rings. The Morgan fingerprint density at radius 3 is 2.87 bits per heavy atom. The van der Waals surface area contributed by atoms with Gasteiger partial charge in [0.2, 0.25) is 0 Å². The molecule has 1 saturated heterocycles. The van der Waals surface area contributed by atoms with Crippen molar-refractivity contribution in [3.05, 3.63) is 64.2 Å². The van der Waals surface area contributed by atoms with E-state index in [-0.39, 0.29) is 23.4 Å². The van der Waals surface area contributed by atoms with Crippen LogP contribution in [-0.4, -0.2) is 40.6 Å². The molecule has 2 amide bonds. The number of nitrogens with zero attached hydrogens (tertiary/aromatic N) is 3. The first-order valence-corrected chi connectivity index (χ1v) is 10.3. The van der Waals surface area contributed by atoms with Crippen molar-refractivity contribution in [1.82, 2.24) is 15.2 Å². The summed E-state index contributed by atoms with van der Waals surface area (Å²) in [5.41, 5.74) is 2.27. The molecule has 0 bridgehead atoms. The second-order valence-corrected chi connectivity index (χ2v) is 8.65. The minimum absolute atomic E-state index is 0.107. The van der Waals surface area contributed by atoms with Crippen LogP contribution in [0.3, 0.4) is 0 Å². The predicted molar refractivity (Wildman–Crippen MR) is 108 cm³/mol. The van der Waals surface area contributed by atoms with Crippen molar-refractivity contribution in [3.8, 4) is 6.07 Å². The number of alkyl carbamates (subject to hydrolysis) is 1. The summed E-state index contributed by atoms with van der Waals surface area (Å²) in [5, 5.41) is 12.2. The van der Waals surface area contributed by atoms with Gasteiger partial charge in [-0.3, -0.25) is 4.79 Å². The number of halogens is 1. The van der Waals surface area contributed by atoms with Crippen LogP contribution in [0.5, 0.6) is 0 Å². The van der Waals surface area contributed by atoms with E-state index < -0.39 is 17.5 Å². The summed E-state index contributed by atoms with van der Waals surface area (Å²) in [5.74, 6) is -0.708. The van der Waals surface area contributed by atoms with Gasteiger partial charge in [0.25, 0.3) is 5.91 Å². The molecular formula is C23H21FN4O3. The molecular weight excluding hydrogens is 399 g/mol. The Labute approximate surface area is 178 Å². The third-order valence-corrected chi connectivity index (χ3v) is 6.69. The number of pyridine rings is 1. The van der Waals surface area contributed by atoms with Crippen molar-refractivity contribution in [2.24, 2.45) is 5.92 Å². The molecule has 7 nitrogen and oxygen atoms in total. The number of carbonyl (C=O) groups is 2. The summed E-state index contributed by atoms with van der Waals surface area (Å²) in [7, 11) is 0. The number of fused-ring (bicyclic) bond motifs is 1. The molecule has 3 heterocycles. The summed E-state index contributed by atoms with van der Waals surface area (Å²) in [6.45, 7) is 2.83. The Hall–Kier alpha value is -3.47. The molecule has 2 aromatic rings. The van der Waals surface area contributed by atoms with Crippen LogP contribution in [0.15, 0.2) is 30.5 Å². The van der Waals surface area contributed by atoms with E-state index in [1.165, 1.54) is 6.07 Å². The number of hydrogen-bond acceptors (Lipinski definition) is 5. The van der Waals surface area contributed by atoms with Crippen LogP contribution in [0.25, 0.3) is 0 Å². The number of nitriles is 1. The molecule has 31 heavy (non-hydrogen) atoms. The Balaban J connectivity index is 1.44. The van der Waals surface area contributed by atoms with Gasteiger partial charge in [-0.15, -0.1) is 0 Å². The van der Waals surface area contributed by atoms with Gasteiger partial charge in [-0.25, -0.2) is 14.2 Å². The Kier molecular flexibility index (Phi) is 4.43. The molecule has 158 valence electrons. The van der Waals surface area contributed by atoms with Gasteiger partial charge in [-0.2, -0.15) is 5.26 Å². The Morgan fingerprint density at radius 1 is 1.35 bits per heavy atom. The average molecular weight is 420 g/mol. The van der Waals surface area contributed by atoms with Gasteiger partial charge < -0.3 is 15.0 Å². The van der Waals surface area contributed by atoms with E-state index >= 15 is 0 Å². The minimum atomic E-state index is -0.530. The average Bonchev–Trinajstić information content (AvgIpc) is 3.23. The van der Waals surface area contributed by atoms with E-state index in [1.807, 2.05) is 13.0 Å². The van der Waals surface area contributed by atoms with Crippen LogP contribution in [0.2, 0.25) is 0 Å². The molecule has 0 radical (unpaired) electrons. The summed E-state index contributed by atoms with van der Waals surface area (Å²) < 4.78 is 20.0. The number of ether oxygens (including phenoxy) is 1. The molecule has 1 aromatic heterocycles. The predicted octanol–water partition coefficient (Wildman–Crippen LogP) is 3.03. The minimum Gasteiger partial charge on any atom is -0.441 e. The van der Waals surface area contributed by atoms with Gasteiger partial charge in [-0.1, -0.05) is 12.1 Å². The zero-order valence-electron chi connectivity index (χ0n) is 17.0. The van der Waals surface area contributed by atoms with E-state index in [0.717, 1.165) is 11.1 Å². The maximum absolute atomic E-state index is 14.6. The molecule has 8 heteroatoms. The third-order valence-electron chi connectivity index (χ3n) is 6.69. The zero-order chi connectivity index (χ0) is 21.8. The molecule has 1 aliphatic carbocycles. The van der Waals surface area contributed by atoms with Gasteiger partial charge in [0.15, 0.2) is 0 Å². The quantitative estimate of drug-likeness (QED) is 0.820. The number of amides is 2. The summed E-state index contributed by atoms with van der Waals surface area (Å²) in [6, 6.07) is 8.28. The smallest absolute Gasteiger partial charge is 0.407 e. The molecule has 1 spiro atoms. The fourth-order valence-corrected chi connectivity index (χ4v) is 5.19. The van der Waals surface area contributed by atoms with Crippen LogP contribution in [0, 0.1) is 30.0 Å². The molecule has 2 fully saturated rings. The van der Waals surface area contributed by atoms with Crippen LogP contribution in [0.4, 0.5) is 9.18 Å². The highest BCUT2D eigenvalue weighted by Crippen LogP contribution is 2.46. The van der Waals surface area contributed by atoms with Gasteiger partial charge >= 0.3 is 6.09 Å². The number of rotatable bonds is 4. The van der Waals surface area contributed by atoms with E-state index in [9.17, 15) is 19.2 Å². The molecule has 1 N–H and O–H groups in total. The highest BCUT2D eigenvalue weighted by atomic mass is 19.1. The van der Waals surface area contributed by atoms with Crippen LogP contribution < -0.4 is 5.32 Å². The lowest BCUT2D eigenvalue weighted by Crippen LogP contribution is -2.51. The second-order valence-electron chi connectivity index (χ2n) is 8.65. The number of nitrogens with one attached hydrogen (secondary N) is 1. The fourth-order valence-electron chi connectivity index (χ4n) is 5.19. The summed E-state index contributed by atoms with van der Waals surface area (Å²) in [6.07, 6.45) is 2.90. The van der Waals surface area contributed by atoms with Crippen LogP contribution in [-0.2, 0) is 11.2 Å². The molecule has 1 saturated carbocycles. The van der Waals surface area contributed by atoms with Crippen LogP contribution in [0.1, 0.15) is 51.6 Å². The highest BCUT2D eigenvalue weighted by Gasteiger charge is 2.52. The largest absolute Gasteiger partial charge is 0.441 e. The van der Waals surface area contributed by atoms with Gasteiger partial charge in [-0.05, 0) is 54.5 Å². The SMILES string of the molecule is Cc1ccnc(C#N)c1CC1c2cccc(F)c2C(=O)N1CC1CC2(CNC(=O)O2)C1. The lowest BCUT2D eigenvalue weighted by molar-refractivity contribution is -0.0554. The van der Waals surface area contributed by atoms with Crippen molar-refractivity contribution >= 4 is 12.0 Å². The summed E-state index contributed by atoms with van der Waals surface area (Å²) in [4.78, 5) is 30.5. The first kappa shape index (κ1) is 19.5. The monoisotopic (exact) mass is 420 g/mol. The standard InChI is InChI=1S/C23H21FN4O3/c1-13-5-6-26-18(10-25)16(13)7-19-15-3-2-4-17(24)20(15)21(29)28(19)11-14-8-23(9-14)12-27-22(30)31-23/h2-6,14,19H,7-9,11-12H2,1H3,(H,27,30). The van der Waals surface area contributed by atoms with Gasteiger partial charge in [0.1, 0.15) is 23.2 Å². The molecule has 1 atom stereocenters. The highest BCUT2D eigenvalue weighted by molar-refractivity contribution is 5.99. The van der Waals surface area contributed by atoms with Crippen LogP contribution >= 0.6 is 0 Å². The van der Waals surface area contributed by atoms with Crippen molar-refractivity contribution in [2.45, 2.75) is 37.8 Å². The third kappa shape index (κ3) is 3.12. The lowest BCUT2D eigenvalue weighted by Gasteiger charge is -2.44. The number of aromatic nitrogens is 1. The number of carbonyl (C=O) groups excluding carboxylic acids is 2. The molecule has 1 unspecified atom stereocenters. The first-order chi connectivity index (χ1) is 14.9. The van der Waals surface area contributed by atoms with E-state index in [0.29, 0.717) is 43.6 Å². The maximum Gasteiger partial charge on any atom is 0.407 e. The van der Waals surface area contributed by atoms with Gasteiger partial charge in [0.05, 0.1) is 18.2 Å². The number of aryl methyl sites for hydroxylation is 1. The number of benzene rings is 1. The van der Waals surface area contributed by atoms with Gasteiger partial charge in [0, 0.05) is 19.2 Å². The Bertz CT molecular complexity index is 1140. The van der Waals surface area contributed by atoms with E-state index in [1.54, 1.807) is 23.2 Å². The molecule has 1 aromatic carbocycles. The van der Waals surface area contributed by atoms with Crippen molar-refractivity contribution in [1.29, 1.82) is 5.26 Å². The maximum atomic E-state index is 14.6. The summed E-state index contributed by atoms with van der Waals surface area (Å²) >= 11 is 0. The normalized spacial score (nSPS) is 26.3. The van der Waals surface area contributed by atoms with Crippen molar-refractivity contribution in [2.75, 3.05) is 13.1 Å². The lowest BCUT2D eigenvalue weighted by atomic mass is 9.70.